The highest BCUT2D eigenvalue weighted by atomic mass is 16.6. The average Bonchev–Trinajstić information content (AvgIpc) is 2.25. The van der Waals surface area contributed by atoms with Crippen molar-refractivity contribution < 1.29 is 19.4 Å². The smallest absolute Gasteiger partial charge is 0.410 e. The van der Waals surface area contributed by atoms with Gasteiger partial charge < -0.3 is 14.7 Å². The number of carboxylic acid groups (broad SMARTS) is 1. The van der Waals surface area contributed by atoms with E-state index in [0.29, 0.717) is 13.1 Å². The standard InChI is InChI=1S/C13H23NO4/c1-9(11(15)16)10-6-5-7-14(8-10)12(17)18-13(2,3)4/h9-10H,5-8H2,1-4H3,(H,15,16)/t9-,10+/m0/s1. The van der Waals surface area contributed by atoms with E-state index in [1.165, 1.54) is 0 Å². The van der Waals surface area contributed by atoms with Crippen LogP contribution in [0.5, 0.6) is 0 Å². The molecular formula is C13H23NO4. The van der Waals surface area contributed by atoms with Crippen molar-refractivity contribution in [1.29, 1.82) is 0 Å². The molecule has 0 saturated carbocycles. The molecule has 1 fully saturated rings. The SMILES string of the molecule is C[C@H](C(=O)O)[C@@H]1CCCN(C(=O)OC(C)(C)C)C1. The second kappa shape index (κ2) is 5.59. The van der Waals surface area contributed by atoms with E-state index in [4.69, 9.17) is 9.84 Å². The Labute approximate surface area is 108 Å². The first-order chi connectivity index (χ1) is 8.20. The summed E-state index contributed by atoms with van der Waals surface area (Å²) in [6.07, 6.45) is 1.35. The predicted octanol–water partition coefficient (Wildman–Crippen LogP) is 2.35. The van der Waals surface area contributed by atoms with Crippen LogP contribution in [-0.2, 0) is 9.53 Å². The molecular weight excluding hydrogens is 234 g/mol. The van der Waals surface area contributed by atoms with Crippen LogP contribution in [0.4, 0.5) is 4.79 Å². The largest absolute Gasteiger partial charge is 0.481 e. The fourth-order valence-electron chi connectivity index (χ4n) is 2.11. The number of amides is 1. The van der Waals surface area contributed by atoms with Crippen molar-refractivity contribution in [2.24, 2.45) is 11.8 Å². The minimum Gasteiger partial charge on any atom is -0.481 e. The van der Waals surface area contributed by atoms with E-state index in [0.717, 1.165) is 12.8 Å². The highest BCUT2D eigenvalue weighted by Gasteiger charge is 2.32. The lowest BCUT2D eigenvalue weighted by Crippen LogP contribution is -2.45. The molecule has 0 radical (unpaired) electrons. The van der Waals surface area contributed by atoms with E-state index in [1.54, 1.807) is 11.8 Å². The zero-order chi connectivity index (χ0) is 13.9. The summed E-state index contributed by atoms with van der Waals surface area (Å²) >= 11 is 0. The molecule has 0 aromatic rings. The molecule has 18 heavy (non-hydrogen) atoms. The number of aliphatic carboxylic acids is 1. The minimum atomic E-state index is -0.800. The summed E-state index contributed by atoms with van der Waals surface area (Å²) < 4.78 is 5.31. The highest BCUT2D eigenvalue weighted by Crippen LogP contribution is 2.25. The first kappa shape index (κ1) is 14.8. The molecule has 1 amide bonds. The third-order valence-corrected chi connectivity index (χ3v) is 3.21. The molecule has 1 aliphatic rings. The quantitative estimate of drug-likeness (QED) is 0.824. The number of hydrogen-bond acceptors (Lipinski definition) is 3. The van der Waals surface area contributed by atoms with Gasteiger partial charge >= 0.3 is 12.1 Å². The predicted molar refractivity (Wildman–Crippen MR) is 67.3 cm³/mol. The van der Waals surface area contributed by atoms with Gasteiger partial charge in [-0.05, 0) is 39.5 Å². The maximum absolute atomic E-state index is 11.9. The zero-order valence-electron chi connectivity index (χ0n) is 11.6. The maximum Gasteiger partial charge on any atom is 0.410 e. The van der Waals surface area contributed by atoms with Gasteiger partial charge in [-0.2, -0.15) is 0 Å². The average molecular weight is 257 g/mol. The summed E-state index contributed by atoms with van der Waals surface area (Å²) in [6.45, 7) is 8.30. The number of carbonyl (C=O) groups excluding carboxylic acids is 1. The fraction of sp³-hybridized carbons (Fsp3) is 0.846. The molecule has 0 aromatic heterocycles. The van der Waals surface area contributed by atoms with Gasteiger partial charge in [-0.25, -0.2) is 4.79 Å². The van der Waals surface area contributed by atoms with Crippen LogP contribution >= 0.6 is 0 Å². The number of likely N-dealkylation sites (tertiary alicyclic amines) is 1. The Morgan fingerprint density at radius 3 is 2.50 bits per heavy atom. The lowest BCUT2D eigenvalue weighted by atomic mass is 9.87. The molecule has 0 bridgehead atoms. The van der Waals surface area contributed by atoms with Crippen LogP contribution in [-0.4, -0.2) is 40.8 Å². The van der Waals surface area contributed by atoms with Crippen LogP contribution < -0.4 is 0 Å². The normalized spacial score (nSPS) is 22.4. The summed E-state index contributed by atoms with van der Waals surface area (Å²) in [7, 11) is 0. The van der Waals surface area contributed by atoms with Gasteiger partial charge in [0.15, 0.2) is 0 Å². The monoisotopic (exact) mass is 257 g/mol. The molecule has 0 spiro atoms. The molecule has 0 aromatic carbocycles. The van der Waals surface area contributed by atoms with Gasteiger partial charge in [-0.1, -0.05) is 6.92 Å². The molecule has 0 unspecified atom stereocenters. The van der Waals surface area contributed by atoms with Crippen molar-refractivity contribution in [3.05, 3.63) is 0 Å². The zero-order valence-corrected chi connectivity index (χ0v) is 11.6. The molecule has 2 atom stereocenters. The molecule has 1 aliphatic heterocycles. The number of nitrogens with zero attached hydrogens (tertiary/aromatic N) is 1. The Morgan fingerprint density at radius 1 is 1.39 bits per heavy atom. The van der Waals surface area contributed by atoms with E-state index in [-0.39, 0.29) is 12.0 Å². The van der Waals surface area contributed by atoms with Gasteiger partial charge in [-0.15, -0.1) is 0 Å². The number of hydrogen-bond donors (Lipinski definition) is 1. The maximum atomic E-state index is 11.9. The summed E-state index contributed by atoms with van der Waals surface area (Å²) in [5, 5.41) is 9.01. The van der Waals surface area contributed by atoms with Crippen molar-refractivity contribution in [2.75, 3.05) is 13.1 Å². The molecule has 0 aliphatic carbocycles. The molecule has 5 nitrogen and oxygen atoms in total. The van der Waals surface area contributed by atoms with Gasteiger partial charge in [-0.3, -0.25) is 4.79 Å². The topological polar surface area (TPSA) is 66.8 Å². The fourth-order valence-corrected chi connectivity index (χ4v) is 2.11. The Balaban J connectivity index is 2.58. The second-order valence-corrected chi connectivity index (χ2v) is 5.96. The second-order valence-electron chi connectivity index (χ2n) is 5.96. The van der Waals surface area contributed by atoms with Crippen molar-refractivity contribution in [2.45, 2.75) is 46.1 Å². The van der Waals surface area contributed by atoms with Crippen LogP contribution in [0.1, 0.15) is 40.5 Å². The van der Waals surface area contributed by atoms with Crippen molar-refractivity contribution in [3.8, 4) is 0 Å². The van der Waals surface area contributed by atoms with Crippen LogP contribution in [0.15, 0.2) is 0 Å². The minimum absolute atomic E-state index is 0.0174. The van der Waals surface area contributed by atoms with Crippen LogP contribution in [0, 0.1) is 11.8 Å². The summed E-state index contributed by atoms with van der Waals surface area (Å²) in [5.41, 5.74) is -0.511. The molecule has 1 heterocycles. The summed E-state index contributed by atoms with van der Waals surface area (Å²) in [6, 6.07) is 0. The Bertz CT molecular complexity index is 321. The lowest BCUT2D eigenvalue weighted by molar-refractivity contribution is -0.143. The number of ether oxygens (including phenoxy) is 1. The van der Waals surface area contributed by atoms with E-state index in [9.17, 15) is 9.59 Å². The third kappa shape index (κ3) is 4.20. The van der Waals surface area contributed by atoms with Crippen LogP contribution in [0.25, 0.3) is 0 Å². The van der Waals surface area contributed by atoms with Crippen molar-refractivity contribution in [1.82, 2.24) is 4.90 Å². The first-order valence-corrected chi connectivity index (χ1v) is 6.41. The van der Waals surface area contributed by atoms with Gasteiger partial charge in [0.2, 0.25) is 0 Å². The molecule has 1 rings (SSSR count). The van der Waals surface area contributed by atoms with Gasteiger partial charge in [0.1, 0.15) is 5.60 Å². The Morgan fingerprint density at radius 2 is 2.00 bits per heavy atom. The molecule has 104 valence electrons. The number of piperidine rings is 1. The number of carbonyl (C=O) groups is 2. The van der Waals surface area contributed by atoms with E-state index in [1.807, 2.05) is 20.8 Å². The Kier molecular flexibility index (Phi) is 4.59. The van der Waals surface area contributed by atoms with E-state index in [2.05, 4.69) is 0 Å². The molecule has 1 N–H and O–H groups in total. The molecule has 1 saturated heterocycles. The van der Waals surface area contributed by atoms with Gasteiger partial charge in [0.05, 0.1) is 5.92 Å². The third-order valence-electron chi connectivity index (χ3n) is 3.21. The number of rotatable bonds is 2. The van der Waals surface area contributed by atoms with Crippen LogP contribution in [0.2, 0.25) is 0 Å². The molecule has 5 heteroatoms. The van der Waals surface area contributed by atoms with Crippen molar-refractivity contribution in [3.63, 3.8) is 0 Å². The lowest BCUT2D eigenvalue weighted by Gasteiger charge is -2.35. The highest BCUT2D eigenvalue weighted by molar-refractivity contribution is 5.71. The van der Waals surface area contributed by atoms with E-state index >= 15 is 0 Å². The summed E-state index contributed by atoms with van der Waals surface area (Å²) in [4.78, 5) is 24.5. The first-order valence-electron chi connectivity index (χ1n) is 6.41. The van der Waals surface area contributed by atoms with Gasteiger partial charge in [0.25, 0.3) is 0 Å². The number of carboxylic acids is 1. The van der Waals surface area contributed by atoms with Gasteiger partial charge in [0, 0.05) is 13.1 Å². The Hall–Kier alpha value is -1.26. The van der Waals surface area contributed by atoms with Crippen LogP contribution in [0.3, 0.4) is 0 Å². The summed E-state index contributed by atoms with van der Waals surface area (Å²) in [5.74, 6) is -1.20. The van der Waals surface area contributed by atoms with Crippen molar-refractivity contribution >= 4 is 12.1 Å². The van der Waals surface area contributed by atoms with E-state index < -0.39 is 17.5 Å².